The lowest BCUT2D eigenvalue weighted by Gasteiger charge is -2.64. The molecule has 4 aliphatic rings. The van der Waals surface area contributed by atoms with Crippen LogP contribution in [-0.2, 0) is 0 Å². The molecule has 0 radical (unpaired) electrons. The molecule has 4 aliphatic carbocycles. The normalized spacial score (nSPS) is 61.8. The van der Waals surface area contributed by atoms with Crippen molar-refractivity contribution in [1.29, 1.82) is 0 Å². The van der Waals surface area contributed by atoms with Crippen LogP contribution in [0.4, 0.5) is 0 Å². The fourth-order valence-corrected chi connectivity index (χ4v) is 8.25. The highest BCUT2D eigenvalue weighted by molar-refractivity contribution is 5.16. The molecule has 0 aromatic carbocycles. The summed E-state index contributed by atoms with van der Waals surface area (Å²) >= 11 is 0. The predicted molar refractivity (Wildman–Crippen MR) is 89.8 cm³/mol. The van der Waals surface area contributed by atoms with Crippen molar-refractivity contribution in [3.05, 3.63) is 0 Å². The molecular formula is C20H34O3. The maximum absolute atomic E-state index is 10.9. The van der Waals surface area contributed by atoms with Gasteiger partial charge in [0.15, 0.2) is 0 Å². The number of aliphatic hydroxyl groups excluding tert-OH is 2. The lowest BCUT2D eigenvalue weighted by Crippen LogP contribution is -2.59. The molecule has 0 aromatic heterocycles. The van der Waals surface area contributed by atoms with Gasteiger partial charge in [-0.1, -0.05) is 13.8 Å². The molecule has 1 spiro atoms. The van der Waals surface area contributed by atoms with Gasteiger partial charge in [0.1, 0.15) is 0 Å². The second-order valence-electron chi connectivity index (χ2n) is 10.4. The van der Waals surface area contributed by atoms with Crippen molar-refractivity contribution in [3.8, 4) is 0 Å². The smallest absolute Gasteiger partial charge is 0.0653 e. The van der Waals surface area contributed by atoms with E-state index in [9.17, 15) is 15.3 Å². The molecule has 0 heterocycles. The maximum atomic E-state index is 10.9. The molecule has 4 fully saturated rings. The van der Waals surface area contributed by atoms with Gasteiger partial charge in [-0.15, -0.1) is 0 Å². The Morgan fingerprint density at radius 1 is 0.957 bits per heavy atom. The minimum atomic E-state index is -0.495. The van der Waals surface area contributed by atoms with E-state index in [4.69, 9.17) is 0 Å². The van der Waals surface area contributed by atoms with Crippen LogP contribution in [0.5, 0.6) is 0 Å². The molecule has 8 atom stereocenters. The van der Waals surface area contributed by atoms with E-state index in [0.29, 0.717) is 17.8 Å². The van der Waals surface area contributed by atoms with Crippen molar-refractivity contribution in [2.45, 2.75) is 83.8 Å². The van der Waals surface area contributed by atoms with Gasteiger partial charge in [-0.05, 0) is 92.3 Å². The van der Waals surface area contributed by atoms with Crippen LogP contribution < -0.4 is 0 Å². The molecule has 23 heavy (non-hydrogen) atoms. The summed E-state index contributed by atoms with van der Waals surface area (Å²) in [5.74, 6) is 1.57. The van der Waals surface area contributed by atoms with Gasteiger partial charge in [-0.25, -0.2) is 0 Å². The standard InChI is InChI=1S/C20H34O3/c1-17(12-21)9-14(22)10-18(2)15(17)6-7-20-8-13(4-5-16(18)20)19(3,23)11-20/h13-16,21-23H,4-12H2,1-3H3/t13?,14-,15-,16+,17-,18-,19-,20+/m1/s1. The average Bonchev–Trinajstić information content (AvgIpc) is 2.62. The lowest BCUT2D eigenvalue weighted by atomic mass is 9.40. The Balaban J connectivity index is 1.74. The Morgan fingerprint density at radius 2 is 1.70 bits per heavy atom. The van der Waals surface area contributed by atoms with Gasteiger partial charge in [0.05, 0.1) is 11.7 Å². The van der Waals surface area contributed by atoms with Crippen molar-refractivity contribution >= 4 is 0 Å². The Morgan fingerprint density at radius 3 is 2.39 bits per heavy atom. The highest BCUT2D eigenvalue weighted by Crippen LogP contribution is 2.72. The van der Waals surface area contributed by atoms with E-state index in [1.54, 1.807) is 0 Å². The van der Waals surface area contributed by atoms with Crippen LogP contribution >= 0.6 is 0 Å². The summed E-state index contributed by atoms with van der Waals surface area (Å²) in [4.78, 5) is 0. The SMILES string of the molecule is C[C@]1(CO)C[C@@H](O)C[C@]2(C)[C@@H]1CC[C@@]13CC(CC[C@H]12)[C@](C)(O)C3. The third-order valence-electron chi connectivity index (χ3n) is 8.89. The summed E-state index contributed by atoms with van der Waals surface area (Å²) in [6, 6.07) is 0. The van der Waals surface area contributed by atoms with E-state index >= 15 is 0 Å². The van der Waals surface area contributed by atoms with Gasteiger partial charge in [0.2, 0.25) is 0 Å². The number of aliphatic hydroxyl groups is 3. The number of hydrogen-bond donors (Lipinski definition) is 3. The molecule has 4 rings (SSSR count). The zero-order valence-corrected chi connectivity index (χ0v) is 15.0. The molecule has 0 aromatic rings. The van der Waals surface area contributed by atoms with Gasteiger partial charge < -0.3 is 15.3 Å². The first-order valence-corrected chi connectivity index (χ1v) is 9.67. The first kappa shape index (κ1) is 16.4. The molecule has 0 aliphatic heterocycles. The van der Waals surface area contributed by atoms with E-state index in [1.165, 1.54) is 19.3 Å². The largest absolute Gasteiger partial charge is 0.396 e. The molecule has 3 N–H and O–H groups in total. The minimum Gasteiger partial charge on any atom is -0.396 e. The summed E-state index contributed by atoms with van der Waals surface area (Å²) in [7, 11) is 0. The Hall–Kier alpha value is -0.120. The average molecular weight is 322 g/mol. The van der Waals surface area contributed by atoms with Gasteiger partial charge in [0, 0.05) is 6.61 Å². The summed E-state index contributed by atoms with van der Waals surface area (Å²) in [6.07, 6.45) is 8.15. The molecular weight excluding hydrogens is 288 g/mol. The van der Waals surface area contributed by atoms with Crippen LogP contribution in [-0.4, -0.2) is 33.6 Å². The van der Waals surface area contributed by atoms with E-state index in [2.05, 4.69) is 20.8 Å². The first-order valence-electron chi connectivity index (χ1n) is 9.67. The second-order valence-corrected chi connectivity index (χ2v) is 10.4. The molecule has 2 bridgehead atoms. The monoisotopic (exact) mass is 322 g/mol. The zero-order valence-electron chi connectivity index (χ0n) is 15.0. The zero-order chi connectivity index (χ0) is 16.7. The van der Waals surface area contributed by atoms with Crippen LogP contribution in [0.2, 0.25) is 0 Å². The Bertz CT molecular complexity index is 503. The van der Waals surface area contributed by atoms with Crippen LogP contribution in [0.25, 0.3) is 0 Å². The fraction of sp³-hybridized carbons (Fsp3) is 1.00. The van der Waals surface area contributed by atoms with Crippen LogP contribution in [0.3, 0.4) is 0 Å². The van der Waals surface area contributed by atoms with E-state index in [0.717, 1.165) is 32.1 Å². The van der Waals surface area contributed by atoms with Crippen molar-refractivity contribution in [2.75, 3.05) is 6.61 Å². The molecule has 1 unspecified atom stereocenters. The van der Waals surface area contributed by atoms with Gasteiger partial charge in [-0.2, -0.15) is 0 Å². The highest BCUT2D eigenvalue weighted by atomic mass is 16.3. The minimum absolute atomic E-state index is 0.110. The van der Waals surface area contributed by atoms with Gasteiger partial charge in [0.25, 0.3) is 0 Å². The van der Waals surface area contributed by atoms with Crippen LogP contribution in [0, 0.1) is 34.0 Å². The molecule has 4 saturated carbocycles. The van der Waals surface area contributed by atoms with Crippen molar-refractivity contribution < 1.29 is 15.3 Å². The Kier molecular flexibility index (Phi) is 3.37. The molecule has 0 amide bonds. The fourth-order valence-electron chi connectivity index (χ4n) is 8.25. The molecule has 3 heteroatoms. The third kappa shape index (κ3) is 2.05. The van der Waals surface area contributed by atoms with Gasteiger partial charge >= 0.3 is 0 Å². The Labute approximate surface area is 140 Å². The van der Waals surface area contributed by atoms with E-state index < -0.39 is 5.60 Å². The van der Waals surface area contributed by atoms with Crippen LogP contribution in [0.15, 0.2) is 0 Å². The summed E-state index contributed by atoms with van der Waals surface area (Å²) < 4.78 is 0. The highest BCUT2D eigenvalue weighted by Gasteiger charge is 2.67. The first-order chi connectivity index (χ1) is 10.7. The maximum Gasteiger partial charge on any atom is 0.0653 e. The third-order valence-corrected chi connectivity index (χ3v) is 8.89. The molecule has 132 valence electrons. The summed E-state index contributed by atoms with van der Waals surface area (Å²) in [5.41, 5.74) is -0.249. The van der Waals surface area contributed by atoms with Crippen molar-refractivity contribution in [3.63, 3.8) is 0 Å². The van der Waals surface area contributed by atoms with Crippen molar-refractivity contribution in [1.82, 2.24) is 0 Å². The quantitative estimate of drug-likeness (QED) is 0.695. The van der Waals surface area contributed by atoms with Crippen molar-refractivity contribution in [2.24, 2.45) is 34.0 Å². The summed E-state index contributed by atoms with van der Waals surface area (Å²) in [6.45, 7) is 6.82. The topological polar surface area (TPSA) is 60.7 Å². The van der Waals surface area contributed by atoms with E-state index in [1.807, 2.05) is 0 Å². The van der Waals surface area contributed by atoms with Crippen LogP contribution in [0.1, 0.15) is 72.1 Å². The second kappa shape index (κ2) is 4.74. The number of fused-ring (bicyclic) bond motifs is 3. The number of rotatable bonds is 1. The van der Waals surface area contributed by atoms with Gasteiger partial charge in [-0.3, -0.25) is 0 Å². The van der Waals surface area contributed by atoms with E-state index in [-0.39, 0.29) is 29.0 Å². The molecule has 3 nitrogen and oxygen atoms in total. The number of hydrogen-bond acceptors (Lipinski definition) is 3. The lowest BCUT2D eigenvalue weighted by molar-refractivity contribution is -0.185. The predicted octanol–water partition coefficient (Wildman–Crippen LogP) is 3.11. The summed E-state index contributed by atoms with van der Waals surface area (Å²) in [5, 5.41) is 31.5. The molecule has 0 saturated heterocycles.